The minimum absolute atomic E-state index is 0.0329. The first-order valence-corrected chi connectivity index (χ1v) is 32.1. The summed E-state index contributed by atoms with van der Waals surface area (Å²) in [5.74, 6) is -4.94. The van der Waals surface area contributed by atoms with Crippen LogP contribution in [0.3, 0.4) is 0 Å². The molecule has 11 rings (SSSR count). The van der Waals surface area contributed by atoms with Crippen LogP contribution in [0.5, 0.6) is 46.0 Å². The van der Waals surface area contributed by atoms with E-state index in [-0.39, 0.29) is 152 Å². The molecule has 2 aliphatic rings. The molecule has 9 aromatic rings. The van der Waals surface area contributed by atoms with Crippen LogP contribution in [0.4, 0.5) is 0 Å². The maximum absolute atomic E-state index is 16.1. The Morgan fingerprint density at radius 3 is 0.837 bits per heavy atom. The molecule has 0 fully saturated rings. The molecular formula is C78H76N4O16. The van der Waals surface area contributed by atoms with E-state index in [0.29, 0.717) is 23.0 Å². The number of aryl methyl sites for hydroxylation is 8. The summed E-state index contributed by atoms with van der Waals surface area (Å²) in [6.45, 7) is 24.6. The van der Waals surface area contributed by atoms with Crippen LogP contribution in [0, 0.1) is 55.4 Å². The smallest absolute Gasteiger partial charge is 0.329 e. The van der Waals surface area contributed by atoms with Gasteiger partial charge >= 0.3 is 11.9 Å². The molecule has 98 heavy (non-hydrogen) atoms. The van der Waals surface area contributed by atoms with Gasteiger partial charge in [-0.1, -0.05) is 37.4 Å². The highest BCUT2D eigenvalue weighted by Crippen LogP contribution is 2.58. The van der Waals surface area contributed by atoms with E-state index in [9.17, 15) is 19.2 Å². The molecule has 9 aromatic carbocycles. The van der Waals surface area contributed by atoms with Crippen molar-refractivity contribution >= 4 is 90.5 Å². The van der Waals surface area contributed by atoms with Gasteiger partial charge in [0.2, 0.25) is 11.8 Å². The molecule has 0 saturated carbocycles. The number of hydrogen-bond acceptors (Lipinski definition) is 16. The van der Waals surface area contributed by atoms with Gasteiger partial charge in [-0.3, -0.25) is 38.6 Å². The third kappa shape index (κ3) is 13.5. The highest BCUT2D eigenvalue weighted by molar-refractivity contribution is 6.45. The second-order valence-electron chi connectivity index (χ2n) is 25.4. The van der Waals surface area contributed by atoms with Gasteiger partial charge in [-0.15, -0.1) is 0 Å². The van der Waals surface area contributed by atoms with Gasteiger partial charge in [0.05, 0.1) is 35.3 Å². The second-order valence-corrected chi connectivity index (χ2v) is 25.4. The number of hydrogen-bond donors (Lipinski definition) is 2. The van der Waals surface area contributed by atoms with Crippen LogP contribution >= 0.6 is 0 Å². The lowest BCUT2D eigenvalue weighted by molar-refractivity contribution is -0.149. The summed E-state index contributed by atoms with van der Waals surface area (Å²) in [4.78, 5) is 120. The van der Waals surface area contributed by atoms with E-state index in [1.54, 1.807) is 0 Å². The van der Waals surface area contributed by atoms with Gasteiger partial charge in [-0.2, -0.15) is 0 Å². The molecule has 2 N–H and O–H groups in total. The molecule has 0 aromatic heterocycles. The van der Waals surface area contributed by atoms with E-state index in [4.69, 9.17) is 37.9 Å². The van der Waals surface area contributed by atoms with Crippen molar-refractivity contribution in [2.75, 3.05) is 53.7 Å². The molecule has 0 aliphatic carbocycles. The fourth-order valence-corrected chi connectivity index (χ4v) is 13.2. The minimum Gasteiger partial charge on any atom is -0.462 e. The number of imide groups is 2. The number of benzene rings is 9. The number of nitrogens with zero attached hydrogens (tertiary/aromatic N) is 2. The predicted molar refractivity (Wildman–Crippen MR) is 371 cm³/mol. The summed E-state index contributed by atoms with van der Waals surface area (Å²) in [6, 6.07) is 25.3. The quantitative estimate of drug-likeness (QED) is 0.0128. The lowest BCUT2D eigenvalue weighted by atomic mass is 9.80. The van der Waals surface area contributed by atoms with E-state index in [0.717, 1.165) is 54.3 Å². The predicted octanol–water partition coefficient (Wildman–Crippen LogP) is 13.8. The van der Waals surface area contributed by atoms with Crippen LogP contribution in [0.15, 0.2) is 121 Å². The largest absolute Gasteiger partial charge is 0.462 e. The molecule has 0 bridgehead atoms. The number of amides is 6. The summed E-state index contributed by atoms with van der Waals surface area (Å²) in [5.41, 5.74) is 6.81. The van der Waals surface area contributed by atoms with Crippen molar-refractivity contribution < 1.29 is 76.3 Å². The van der Waals surface area contributed by atoms with Crippen LogP contribution in [0.2, 0.25) is 0 Å². The average Bonchev–Trinajstić information content (AvgIpc) is 0.672. The van der Waals surface area contributed by atoms with Gasteiger partial charge in [-0.25, -0.2) is 9.59 Å². The Morgan fingerprint density at radius 2 is 0.612 bits per heavy atom. The summed E-state index contributed by atoms with van der Waals surface area (Å²) >= 11 is 0. The second kappa shape index (κ2) is 28.0. The van der Waals surface area contributed by atoms with E-state index in [1.807, 2.05) is 128 Å². The van der Waals surface area contributed by atoms with Crippen LogP contribution in [-0.4, -0.2) is 123 Å². The van der Waals surface area contributed by atoms with Crippen molar-refractivity contribution in [3.63, 3.8) is 0 Å². The summed E-state index contributed by atoms with van der Waals surface area (Å²) < 4.78 is 51.4. The molecule has 20 nitrogen and oxygen atoms in total. The molecule has 20 heteroatoms. The van der Waals surface area contributed by atoms with Crippen LogP contribution in [0.25, 0.3) is 43.1 Å². The molecule has 2 aliphatic heterocycles. The van der Waals surface area contributed by atoms with Crippen molar-refractivity contribution in [1.29, 1.82) is 0 Å². The molecule has 2 heterocycles. The molecule has 2 unspecified atom stereocenters. The van der Waals surface area contributed by atoms with Gasteiger partial charge < -0.3 is 48.5 Å². The minimum atomic E-state index is -1.58. The van der Waals surface area contributed by atoms with E-state index in [2.05, 4.69) is 23.8 Å². The van der Waals surface area contributed by atoms with Crippen LogP contribution in [0.1, 0.15) is 113 Å². The molecule has 0 spiro atoms. The molecule has 2 atom stereocenters. The molecular weight excluding hydrogens is 1250 g/mol. The van der Waals surface area contributed by atoms with Crippen molar-refractivity contribution in [1.82, 2.24) is 20.4 Å². The highest BCUT2D eigenvalue weighted by atomic mass is 16.5. The van der Waals surface area contributed by atoms with Gasteiger partial charge in [0, 0.05) is 94.5 Å². The Hall–Kier alpha value is -11.0. The lowest BCUT2D eigenvalue weighted by Gasteiger charge is -2.35. The van der Waals surface area contributed by atoms with Gasteiger partial charge in [-0.05, 0) is 187 Å². The number of methoxy groups -OCH3 is 2. The Kier molecular flexibility index (Phi) is 19.6. The first kappa shape index (κ1) is 68.4. The molecule has 0 saturated heterocycles. The Labute approximate surface area is 566 Å². The number of carbonyl (C=O) groups is 8. The summed E-state index contributed by atoms with van der Waals surface area (Å²) in [7, 11) is 2.83. The number of ether oxygens (including phenoxy) is 8. The van der Waals surface area contributed by atoms with Crippen molar-refractivity contribution in [3.8, 4) is 46.0 Å². The fourth-order valence-electron chi connectivity index (χ4n) is 13.2. The Balaban J connectivity index is 1.30. The number of rotatable bonds is 26. The number of fused-ring (bicyclic) bond motifs is 2. The summed E-state index contributed by atoms with van der Waals surface area (Å²) in [5, 5.41) is 6.92. The first-order valence-electron chi connectivity index (χ1n) is 32.1. The lowest BCUT2D eigenvalue weighted by Crippen LogP contribution is -2.52. The van der Waals surface area contributed by atoms with Crippen LogP contribution in [-0.2, 0) is 38.1 Å². The number of nitrogens with one attached hydrogen (secondary N) is 2. The maximum atomic E-state index is 16.1. The van der Waals surface area contributed by atoms with Crippen LogP contribution < -0.4 is 29.6 Å². The number of carbonyl (C=O) groups excluding carboxylic acids is 8. The van der Waals surface area contributed by atoms with E-state index < -0.39 is 59.5 Å². The highest BCUT2D eigenvalue weighted by Gasteiger charge is 2.47. The third-order valence-corrected chi connectivity index (χ3v) is 17.1. The van der Waals surface area contributed by atoms with Gasteiger partial charge in [0.1, 0.15) is 71.3 Å². The van der Waals surface area contributed by atoms with Gasteiger partial charge in [0.25, 0.3) is 23.6 Å². The van der Waals surface area contributed by atoms with Crippen molar-refractivity contribution in [2.24, 2.45) is 0 Å². The third-order valence-electron chi connectivity index (χ3n) is 17.1. The topological polar surface area (TPSA) is 241 Å². The molecule has 504 valence electrons. The zero-order valence-corrected chi connectivity index (χ0v) is 56.9. The van der Waals surface area contributed by atoms with Crippen molar-refractivity contribution in [2.45, 2.75) is 94.2 Å². The van der Waals surface area contributed by atoms with Gasteiger partial charge in [0.15, 0.2) is 0 Å². The monoisotopic (exact) mass is 1320 g/mol. The van der Waals surface area contributed by atoms with E-state index in [1.165, 1.54) is 52.3 Å². The van der Waals surface area contributed by atoms with Crippen molar-refractivity contribution in [3.05, 3.63) is 188 Å². The maximum Gasteiger partial charge on any atom is 0.329 e. The summed E-state index contributed by atoms with van der Waals surface area (Å²) in [6.07, 6.45) is -0.400. The Morgan fingerprint density at radius 1 is 0.367 bits per heavy atom. The van der Waals surface area contributed by atoms with E-state index >= 15 is 19.2 Å². The first-order chi connectivity index (χ1) is 46.7. The zero-order chi connectivity index (χ0) is 70.3. The molecule has 6 amide bonds. The Bertz CT molecular complexity index is 4260. The molecule has 0 radical (unpaired) electrons. The average molecular weight is 1330 g/mol. The SMILES string of the molecule is C=C(C)C(=O)NCCOC(=O)C(CCOC)N1C(=O)c2cc(Oc3cc(C)cc(C)c3)c3c4c(Oc5cc(C)cc(C)c5)cc5c6c(cc(Oc7cc(C)cc(C)c7)c(c7c(Oc8cc(C)cc(C)c8)cc(c2c37)C1=O)c64)C(=O)N(C(CCOC)C(=O)OCCNC(=O)C(=C)C)C5=O. The normalized spacial score (nSPS) is 13.3. The standard InChI is InChI=1S/C78H76N4O16/c1-39(2)71(83)79-17-21-93-77(89)57(15-19-91-13)81-73(85)53-35-59(95-49-27-41(5)23-42(6)28-49)65-67-61(97-51-31-45(9)25-46(10)32-51)37-55-64-56(76(88)82(75(55)87)58(16-20-92-14)78(90)94-22-18-80-72(84)40(3)4)38-62(98-52-33-47(11)26-48(12)34-52)68(70(64)67)66-60(36-54(74(81)86)63(53)69(65)66)96-50-29-43(7)24-44(8)30-50/h23-38,57-58H,1,3,15-22H2,2,4-14H3,(H,79,83)(H,80,84). The fraction of sp³-hybridized carbons (Fsp3) is 0.282. The number of esters is 2. The zero-order valence-electron chi connectivity index (χ0n) is 56.9.